The lowest BCUT2D eigenvalue weighted by Gasteiger charge is -2.32. The van der Waals surface area contributed by atoms with Crippen LogP contribution in [0.25, 0.3) is 0 Å². The first-order valence-electron chi connectivity index (χ1n) is 8.69. The van der Waals surface area contributed by atoms with E-state index >= 15 is 0 Å². The molecule has 2 aromatic heterocycles. The van der Waals surface area contributed by atoms with Crippen molar-refractivity contribution in [3.8, 4) is 0 Å². The number of aromatic nitrogens is 2. The molecule has 2 atom stereocenters. The highest BCUT2D eigenvalue weighted by Gasteiger charge is 2.47. The number of carbonyl (C=O) groups is 1. The third kappa shape index (κ3) is 3.06. The second kappa shape index (κ2) is 6.37. The quantitative estimate of drug-likeness (QED) is 0.877. The normalized spacial score (nSPS) is 23.4. The van der Waals surface area contributed by atoms with Crippen molar-refractivity contribution in [2.24, 2.45) is 0 Å². The first-order chi connectivity index (χ1) is 12.4. The van der Waals surface area contributed by atoms with E-state index in [0.717, 1.165) is 23.9 Å². The second-order valence-electron chi connectivity index (χ2n) is 6.72. The summed E-state index contributed by atoms with van der Waals surface area (Å²) in [6.07, 6.45) is -0.419. The number of alkyl halides is 3. The predicted molar refractivity (Wildman–Crippen MR) is 86.8 cm³/mol. The van der Waals surface area contributed by atoms with Crippen molar-refractivity contribution in [3.63, 3.8) is 0 Å². The number of carbonyl (C=O) groups excluding carboxylic acids is 1. The predicted octanol–water partition coefficient (Wildman–Crippen LogP) is 3.76. The number of piperidine rings is 1. The summed E-state index contributed by atoms with van der Waals surface area (Å²) in [6, 6.07) is 2.24. The Balaban J connectivity index is 1.66. The van der Waals surface area contributed by atoms with Crippen molar-refractivity contribution in [2.45, 2.75) is 43.9 Å². The summed E-state index contributed by atoms with van der Waals surface area (Å²) in [6.45, 7) is 1.23. The SMILES string of the molecule is O=C(c1cc2n(n1)[C@@H](C(F)(F)F)C[C@@H](c1ccco1)N2)N1CCCCC1. The van der Waals surface area contributed by atoms with E-state index in [1.54, 1.807) is 17.0 Å². The molecular weight excluding hydrogens is 349 g/mol. The van der Waals surface area contributed by atoms with Gasteiger partial charge in [-0.25, -0.2) is 4.68 Å². The number of fused-ring (bicyclic) bond motifs is 1. The van der Waals surface area contributed by atoms with Crippen LogP contribution in [-0.4, -0.2) is 39.9 Å². The fourth-order valence-electron chi connectivity index (χ4n) is 3.61. The summed E-state index contributed by atoms with van der Waals surface area (Å²) >= 11 is 0. The van der Waals surface area contributed by atoms with Crippen LogP contribution in [0.1, 0.15) is 54.0 Å². The van der Waals surface area contributed by atoms with Gasteiger partial charge in [0.1, 0.15) is 11.6 Å². The Morgan fingerprint density at radius 2 is 2.04 bits per heavy atom. The molecule has 6 nitrogen and oxygen atoms in total. The average molecular weight is 368 g/mol. The van der Waals surface area contributed by atoms with Crippen LogP contribution in [0, 0.1) is 0 Å². The van der Waals surface area contributed by atoms with E-state index in [-0.39, 0.29) is 23.8 Å². The van der Waals surface area contributed by atoms with E-state index in [0.29, 0.717) is 18.8 Å². The van der Waals surface area contributed by atoms with Gasteiger partial charge in [0.2, 0.25) is 0 Å². The molecule has 0 radical (unpaired) electrons. The molecule has 4 rings (SSSR count). The third-order valence-electron chi connectivity index (χ3n) is 4.94. The van der Waals surface area contributed by atoms with Crippen molar-refractivity contribution < 1.29 is 22.4 Å². The first-order valence-corrected chi connectivity index (χ1v) is 8.69. The van der Waals surface area contributed by atoms with Crippen molar-refractivity contribution in [1.29, 1.82) is 0 Å². The van der Waals surface area contributed by atoms with E-state index in [4.69, 9.17) is 4.42 Å². The summed E-state index contributed by atoms with van der Waals surface area (Å²) < 4.78 is 46.9. The Kier molecular flexibility index (Phi) is 4.16. The number of anilines is 1. The van der Waals surface area contributed by atoms with Crippen LogP contribution in [-0.2, 0) is 0 Å². The highest BCUT2D eigenvalue weighted by molar-refractivity contribution is 5.93. The molecule has 9 heteroatoms. The van der Waals surface area contributed by atoms with Crippen molar-refractivity contribution >= 4 is 11.7 Å². The largest absolute Gasteiger partial charge is 0.467 e. The van der Waals surface area contributed by atoms with Crippen LogP contribution >= 0.6 is 0 Å². The highest BCUT2D eigenvalue weighted by atomic mass is 19.4. The van der Waals surface area contributed by atoms with E-state index < -0.39 is 18.3 Å². The molecule has 1 saturated heterocycles. The van der Waals surface area contributed by atoms with Gasteiger partial charge in [0, 0.05) is 25.6 Å². The molecule has 1 amide bonds. The molecule has 26 heavy (non-hydrogen) atoms. The zero-order chi connectivity index (χ0) is 18.3. The number of amides is 1. The maximum atomic E-state index is 13.6. The fourth-order valence-corrected chi connectivity index (χ4v) is 3.61. The number of hydrogen-bond acceptors (Lipinski definition) is 4. The fraction of sp³-hybridized carbons (Fsp3) is 0.529. The summed E-state index contributed by atoms with van der Waals surface area (Å²) in [7, 11) is 0. The summed E-state index contributed by atoms with van der Waals surface area (Å²) in [5, 5.41) is 7.02. The molecule has 1 N–H and O–H groups in total. The van der Waals surface area contributed by atoms with Crippen LogP contribution in [0.5, 0.6) is 0 Å². The second-order valence-corrected chi connectivity index (χ2v) is 6.72. The minimum atomic E-state index is -4.47. The molecular formula is C17H19F3N4O2. The van der Waals surface area contributed by atoms with Gasteiger partial charge in [-0.2, -0.15) is 18.3 Å². The summed E-state index contributed by atoms with van der Waals surface area (Å²) in [5.41, 5.74) is 0.0451. The lowest BCUT2D eigenvalue weighted by molar-refractivity contribution is -0.174. The summed E-state index contributed by atoms with van der Waals surface area (Å²) in [4.78, 5) is 14.3. The van der Waals surface area contributed by atoms with E-state index in [2.05, 4.69) is 10.4 Å². The molecule has 1 fully saturated rings. The maximum Gasteiger partial charge on any atom is 0.410 e. The maximum absolute atomic E-state index is 13.6. The molecule has 4 heterocycles. The smallest absolute Gasteiger partial charge is 0.410 e. The van der Waals surface area contributed by atoms with Crippen molar-refractivity contribution in [1.82, 2.24) is 14.7 Å². The van der Waals surface area contributed by atoms with Gasteiger partial charge in [0.05, 0.1) is 12.3 Å². The van der Waals surface area contributed by atoms with Gasteiger partial charge in [0.25, 0.3) is 5.91 Å². The van der Waals surface area contributed by atoms with Crippen LogP contribution in [0.15, 0.2) is 28.9 Å². The molecule has 0 aliphatic carbocycles. The van der Waals surface area contributed by atoms with Gasteiger partial charge in [-0.3, -0.25) is 4.79 Å². The molecule has 0 saturated carbocycles. The standard InChI is InChI=1S/C17H19F3N4O2/c18-17(19,20)14-9-11(13-5-4-8-26-13)21-15-10-12(22-24(14)15)16(25)23-6-2-1-3-7-23/h4-5,8,10-11,14,21H,1-3,6-7,9H2/t11-,14+/m0/s1. The molecule has 2 aromatic rings. The van der Waals surface area contributed by atoms with Crippen molar-refractivity contribution in [2.75, 3.05) is 18.4 Å². The minimum absolute atomic E-state index is 0.0451. The van der Waals surface area contributed by atoms with Gasteiger partial charge in [-0.15, -0.1) is 0 Å². The van der Waals surface area contributed by atoms with Gasteiger partial charge in [0.15, 0.2) is 11.7 Å². The van der Waals surface area contributed by atoms with Crippen molar-refractivity contribution in [3.05, 3.63) is 35.9 Å². The average Bonchev–Trinajstić information content (AvgIpc) is 3.29. The zero-order valence-electron chi connectivity index (χ0n) is 14.0. The molecule has 2 aliphatic heterocycles. The molecule has 0 spiro atoms. The molecule has 0 aromatic carbocycles. The Hall–Kier alpha value is -2.45. The molecule has 2 aliphatic rings. The van der Waals surface area contributed by atoms with Gasteiger partial charge in [-0.1, -0.05) is 0 Å². The first kappa shape index (κ1) is 17.0. The van der Waals surface area contributed by atoms with Crippen LogP contribution in [0.2, 0.25) is 0 Å². The Labute approximate surface area is 147 Å². The lowest BCUT2D eigenvalue weighted by Crippen LogP contribution is -2.37. The summed E-state index contributed by atoms with van der Waals surface area (Å²) in [5.74, 6) is 0.291. The van der Waals surface area contributed by atoms with E-state index in [1.165, 1.54) is 12.3 Å². The Morgan fingerprint density at radius 3 is 2.69 bits per heavy atom. The van der Waals surface area contributed by atoms with Crippen LogP contribution in [0.4, 0.5) is 19.0 Å². The van der Waals surface area contributed by atoms with Crippen LogP contribution < -0.4 is 5.32 Å². The Morgan fingerprint density at radius 1 is 1.27 bits per heavy atom. The topological polar surface area (TPSA) is 63.3 Å². The zero-order valence-corrected chi connectivity index (χ0v) is 14.0. The number of likely N-dealkylation sites (tertiary alicyclic amines) is 1. The lowest BCUT2D eigenvalue weighted by atomic mass is 10.0. The minimum Gasteiger partial charge on any atom is -0.467 e. The monoisotopic (exact) mass is 368 g/mol. The number of nitrogens with one attached hydrogen (secondary N) is 1. The number of rotatable bonds is 2. The number of nitrogens with zero attached hydrogens (tertiary/aromatic N) is 3. The van der Waals surface area contributed by atoms with Crippen LogP contribution in [0.3, 0.4) is 0 Å². The van der Waals surface area contributed by atoms with Gasteiger partial charge < -0.3 is 14.6 Å². The Bertz CT molecular complexity index is 779. The third-order valence-corrected chi connectivity index (χ3v) is 4.94. The molecule has 0 unspecified atom stereocenters. The number of furan rings is 1. The molecule has 140 valence electrons. The highest BCUT2D eigenvalue weighted by Crippen LogP contribution is 2.43. The number of hydrogen-bond donors (Lipinski definition) is 1. The van der Waals surface area contributed by atoms with Gasteiger partial charge in [-0.05, 0) is 31.4 Å². The van der Waals surface area contributed by atoms with Gasteiger partial charge >= 0.3 is 6.18 Å². The van der Waals surface area contributed by atoms with E-state index in [9.17, 15) is 18.0 Å². The molecule has 0 bridgehead atoms. The number of halogens is 3. The van der Waals surface area contributed by atoms with E-state index in [1.807, 2.05) is 0 Å².